The van der Waals surface area contributed by atoms with E-state index in [1.54, 1.807) is 23.8 Å². The largest absolute Gasteiger partial charge is 0.458 e. The Morgan fingerprint density at radius 1 is 1.05 bits per heavy atom. The molecule has 0 aromatic heterocycles. The molecule has 0 spiro atoms. The fourth-order valence-corrected chi connectivity index (χ4v) is 9.81. The van der Waals surface area contributed by atoms with Crippen LogP contribution in [0.2, 0.25) is 10.0 Å². The topological polar surface area (TPSA) is 26.3 Å². The maximum absolute atomic E-state index is 12.9. The number of ether oxygens (including phenoxy) is 1. The van der Waals surface area contributed by atoms with Crippen LogP contribution in [-0.2, 0) is 4.74 Å². The van der Waals surface area contributed by atoms with Crippen molar-refractivity contribution >= 4 is 29.2 Å². The summed E-state index contributed by atoms with van der Waals surface area (Å²) in [5.41, 5.74) is 2.75. The highest BCUT2D eigenvalue weighted by Crippen LogP contribution is 2.65. The van der Waals surface area contributed by atoms with E-state index in [4.69, 9.17) is 27.9 Å². The lowest BCUT2D eigenvalue weighted by Gasteiger charge is -2.62. The molecule has 4 aliphatic rings. The summed E-state index contributed by atoms with van der Waals surface area (Å²) in [4.78, 5) is 12.9. The third-order valence-corrected chi connectivity index (χ3v) is 12.1. The van der Waals surface area contributed by atoms with Gasteiger partial charge in [0.15, 0.2) is 0 Å². The van der Waals surface area contributed by atoms with Crippen LogP contribution < -0.4 is 0 Å². The van der Waals surface area contributed by atoms with Gasteiger partial charge in [0, 0.05) is 11.4 Å². The van der Waals surface area contributed by atoms with Crippen LogP contribution in [0.1, 0.15) is 122 Å². The van der Waals surface area contributed by atoms with Gasteiger partial charge in [-0.15, -0.1) is 0 Å². The summed E-state index contributed by atoms with van der Waals surface area (Å²) in [6.45, 7) is 9.94. The van der Waals surface area contributed by atoms with Crippen molar-refractivity contribution in [3.63, 3.8) is 0 Å². The van der Waals surface area contributed by atoms with E-state index in [9.17, 15) is 4.79 Å². The average Bonchev–Trinajstić information content (AvgIpc) is 2.86. The van der Waals surface area contributed by atoms with Gasteiger partial charge in [0.25, 0.3) is 0 Å². The number of esters is 1. The van der Waals surface area contributed by atoms with E-state index >= 15 is 0 Å². The molecule has 4 aliphatic carbocycles. The number of carbonyl (C=O) groups is 1. The first-order valence-electron chi connectivity index (χ1n) is 15.5. The minimum absolute atomic E-state index is 0.0659. The van der Waals surface area contributed by atoms with Crippen LogP contribution in [0.25, 0.3) is 0 Å². The van der Waals surface area contributed by atoms with Crippen molar-refractivity contribution in [1.29, 1.82) is 0 Å². The zero-order chi connectivity index (χ0) is 27.1. The molecule has 1 aromatic rings. The summed E-state index contributed by atoms with van der Waals surface area (Å²) in [6, 6.07) is 4.98. The molecular weight excluding hydrogens is 511 g/mol. The first-order chi connectivity index (χ1) is 18.1. The van der Waals surface area contributed by atoms with Gasteiger partial charge in [0.05, 0.1) is 10.6 Å². The number of hydrogen-bond acceptors (Lipinski definition) is 2. The van der Waals surface area contributed by atoms with Crippen LogP contribution in [0.15, 0.2) is 29.8 Å². The molecule has 1 aromatic carbocycles. The standard InChI is InChI=1S/C34H48Cl2O2/c1-22(2)8-5-6-9-23-10-7-11-29-27-14-12-24-20-26(38-32(37)28-15-13-25(35)21-31(28)36)16-18-34(24,4)30(27)17-19-33(23,29)3/h12-13,15,21-23,26-27,29-30H,5-11,14,16-20H2,1-4H3/t23-,26-,27+,29-,30-,33-,34+/m1/s1. The van der Waals surface area contributed by atoms with Gasteiger partial charge in [-0.05, 0) is 110 Å². The van der Waals surface area contributed by atoms with Crippen molar-refractivity contribution in [1.82, 2.24) is 0 Å². The van der Waals surface area contributed by atoms with E-state index in [0.29, 0.717) is 21.0 Å². The maximum atomic E-state index is 12.9. The SMILES string of the molecule is CC(C)CCCC[C@@H]1CCC[C@@H]2[C@@H]3CC=C4C[C@H](OC(=O)c5ccc(Cl)cc5Cl)CC[C@]4(C)[C@@H]3CC[C@]12C. The number of halogens is 2. The number of allylic oxidation sites excluding steroid dienone is 1. The van der Waals surface area contributed by atoms with Crippen molar-refractivity contribution in [3.05, 3.63) is 45.5 Å². The molecule has 0 aliphatic heterocycles. The van der Waals surface area contributed by atoms with Crippen LogP contribution in [0.4, 0.5) is 0 Å². The third-order valence-electron chi connectivity index (χ3n) is 11.5. The van der Waals surface area contributed by atoms with Gasteiger partial charge >= 0.3 is 5.97 Å². The lowest BCUT2D eigenvalue weighted by atomic mass is 9.43. The maximum Gasteiger partial charge on any atom is 0.339 e. The molecular formula is C34H48Cl2O2. The second-order valence-electron chi connectivity index (χ2n) is 14.0. The molecule has 2 nitrogen and oxygen atoms in total. The molecule has 4 heteroatoms. The van der Waals surface area contributed by atoms with Crippen LogP contribution >= 0.6 is 23.2 Å². The molecule has 0 amide bonds. The fraction of sp³-hybridized carbons (Fsp3) is 0.735. The minimum Gasteiger partial charge on any atom is -0.458 e. The molecule has 0 N–H and O–H groups in total. The van der Waals surface area contributed by atoms with Crippen molar-refractivity contribution in [3.8, 4) is 0 Å². The monoisotopic (exact) mass is 558 g/mol. The van der Waals surface area contributed by atoms with Crippen molar-refractivity contribution in [2.45, 2.75) is 117 Å². The lowest BCUT2D eigenvalue weighted by molar-refractivity contribution is -0.0994. The van der Waals surface area contributed by atoms with Crippen LogP contribution in [0, 0.1) is 40.4 Å². The van der Waals surface area contributed by atoms with E-state index in [1.165, 1.54) is 64.2 Å². The number of fused-ring (bicyclic) bond motifs is 5. The first kappa shape index (κ1) is 28.5. The normalized spacial score (nSPS) is 36.6. The Bertz CT molecular complexity index is 1050. The summed E-state index contributed by atoms with van der Waals surface area (Å²) in [7, 11) is 0. The lowest BCUT2D eigenvalue weighted by Crippen LogP contribution is -2.54. The van der Waals surface area contributed by atoms with Crippen molar-refractivity contribution in [2.75, 3.05) is 0 Å². The van der Waals surface area contributed by atoms with Gasteiger partial charge in [-0.3, -0.25) is 0 Å². The van der Waals surface area contributed by atoms with Gasteiger partial charge in [-0.1, -0.05) is 88.2 Å². The Hall–Kier alpha value is -0.990. The Labute approximate surface area is 241 Å². The predicted molar refractivity (Wildman–Crippen MR) is 159 cm³/mol. The quantitative estimate of drug-likeness (QED) is 0.189. The molecule has 0 bridgehead atoms. The van der Waals surface area contributed by atoms with Crippen LogP contribution in [0.3, 0.4) is 0 Å². The second kappa shape index (κ2) is 11.5. The molecule has 3 saturated carbocycles. The van der Waals surface area contributed by atoms with E-state index < -0.39 is 0 Å². The summed E-state index contributed by atoms with van der Waals surface area (Å²) in [6.07, 6.45) is 19.4. The molecule has 0 unspecified atom stereocenters. The first-order valence-corrected chi connectivity index (χ1v) is 16.2. The Kier molecular flexibility index (Phi) is 8.62. The minimum atomic E-state index is -0.329. The van der Waals surface area contributed by atoms with Gasteiger partial charge in [0.2, 0.25) is 0 Å². The highest BCUT2D eigenvalue weighted by Gasteiger charge is 2.57. The van der Waals surface area contributed by atoms with E-state index in [-0.39, 0.29) is 17.5 Å². The molecule has 210 valence electrons. The molecule has 7 atom stereocenters. The van der Waals surface area contributed by atoms with Gasteiger partial charge in [-0.2, -0.15) is 0 Å². The average molecular weight is 560 g/mol. The Morgan fingerprint density at radius 3 is 2.63 bits per heavy atom. The smallest absolute Gasteiger partial charge is 0.339 e. The van der Waals surface area contributed by atoms with Crippen molar-refractivity contribution in [2.24, 2.45) is 40.4 Å². The zero-order valence-electron chi connectivity index (χ0n) is 24.0. The van der Waals surface area contributed by atoms with Gasteiger partial charge < -0.3 is 4.74 Å². The van der Waals surface area contributed by atoms with Gasteiger partial charge in [0.1, 0.15) is 6.10 Å². The number of rotatable bonds is 7. The molecule has 0 radical (unpaired) electrons. The fourth-order valence-electron chi connectivity index (χ4n) is 9.33. The summed E-state index contributed by atoms with van der Waals surface area (Å²) in [5, 5.41) is 0.889. The van der Waals surface area contributed by atoms with E-state index in [1.807, 2.05) is 0 Å². The second-order valence-corrected chi connectivity index (χ2v) is 14.8. The summed E-state index contributed by atoms with van der Waals surface area (Å²) < 4.78 is 6.00. The zero-order valence-corrected chi connectivity index (χ0v) is 25.6. The molecule has 0 saturated heterocycles. The molecule has 0 heterocycles. The number of benzene rings is 1. The predicted octanol–water partition coefficient (Wildman–Crippen LogP) is 10.7. The Morgan fingerprint density at radius 2 is 1.87 bits per heavy atom. The molecule has 5 rings (SSSR count). The van der Waals surface area contributed by atoms with Crippen LogP contribution in [-0.4, -0.2) is 12.1 Å². The number of hydrogen-bond donors (Lipinski definition) is 0. The van der Waals surface area contributed by atoms with E-state index in [0.717, 1.165) is 48.9 Å². The molecule has 3 fully saturated rings. The van der Waals surface area contributed by atoms with Gasteiger partial charge in [-0.25, -0.2) is 4.79 Å². The number of carbonyl (C=O) groups excluding carboxylic acids is 1. The summed E-state index contributed by atoms with van der Waals surface area (Å²) in [5.74, 6) is 3.91. The summed E-state index contributed by atoms with van der Waals surface area (Å²) >= 11 is 12.3. The number of unbranched alkanes of at least 4 members (excludes halogenated alkanes) is 1. The highest BCUT2D eigenvalue weighted by atomic mass is 35.5. The van der Waals surface area contributed by atoms with Crippen molar-refractivity contribution < 1.29 is 9.53 Å². The highest BCUT2D eigenvalue weighted by molar-refractivity contribution is 6.36. The molecule has 38 heavy (non-hydrogen) atoms. The van der Waals surface area contributed by atoms with Crippen LogP contribution in [0.5, 0.6) is 0 Å². The van der Waals surface area contributed by atoms with E-state index in [2.05, 4.69) is 33.8 Å². The third kappa shape index (κ3) is 5.47. The Balaban J connectivity index is 1.25.